The number of rotatable bonds is 5. The molecule has 0 N–H and O–H groups in total. The lowest BCUT2D eigenvalue weighted by Gasteiger charge is -2.22. The Kier molecular flexibility index (Phi) is 6.06. The summed E-state index contributed by atoms with van der Waals surface area (Å²) in [5, 5.41) is 0. The molecule has 1 amide bonds. The maximum absolute atomic E-state index is 13.1. The van der Waals surface area contributed by atoms with Crippen molar-refractivity contribution >= 4 is 15.9 Å². The van der Waals surface area contributed by atoms with E-state index in [1.807, 2.05) is 12.1 Å². The van der Waals surface area contributed by atoms with Gasteiger partial charge in [0.25, 0.3) is 5.91 Å². The standard InChI is InChI=1S/C22H25FN2O4S/c23-19-6-9-21(10-7-19)30(27,28)25-12-2-11-24(13-14-25)22(26)16-29-20-8-5-17-3-1-4-18(17)15-20/h5-10,15H,1-4,11-14,16H2. The molecule has 0 saturated carbocycles. The lowest BCUT2D eigenvalue weighted by atomic mass is 10.1. The number of sulfonamides is 1. The van der Waals surface area contributed by atoms with Crippen LogP contribution in [0.5, 0.6) is 5.75 Å². The lowest BCUT2D eigenvalue weighted by molar-refractivity contribution is -0.133. The molecule has 2 aromatic rings. The van der Waals surface area contributed by atoms with Gasteiger partial charge in [0.2, 0.25) is 10.0 Å². The largest absolute Gasteiger partial charge is 0.484 e. The average molecular weight is 433 g/mol. The summed E-state index contributed by atoms with van der Waals surface area (Å²) in [6, 6.07) is 10.8. The molecule has 6 nitrogen and oxygen atoms in total. The molecule has 8 heteroatoms. The molecule has 0 radical (unpaired) electrons. The number of carbonyl (C=O) groups excluding carboxylic acids is 1. The van der Waals surface area contributed by atoms with Gasteiger partial charge in [-0.3, -0.25) is 4.79 Å². The molecule has 2 aromatic carbocycles. The van der Waals surface area contributed by atoms with E-state index in [1.54, 1.807) is 4.90 Å². The molecule has 160 valence electrons. The third-order valence-corrected chi connectivity index (χ3v) is 7.60. The monoisotopic (exact) mass is 432 g/mol. The zero-order chi connectivity index (χ0) is 21.1. The third kappa shape index (κ3) is 4.49. The molecule has 1 saturated heterocycles. The van der Waals surface area contributed by atoms with Crippen molar-refractivity contribution in [1.82, 2.24) is 9.21 Å². The van der Waals surface area contributed by atoms with Gasteiger partial charge in [-0.25, -0.2) is 12.8 Å². The van der Waals surface area contributed by atoms with Crippen molar-refractivity contribution in [1.29, 1.82) is 0 Å². The van der Waals surface area contributed by atoms with Crippen molar-refractivity contribution < 1.29 is 22.3 Å². The molecule has 0 unspecified atom stereocenters. The molecule has 1 aliphatic heterocycles. The highest BCUT2D eigenvalue weighted by Gasteiger charge is 2.28. The van der Waals surface area contributed by atoms with Crippen LogP contribution in [0.4, 0.5) is 4.39 Å². The number of amides is 1. The van der Waals surface area contributed by atoms with Gasteiger partial charge in [0.15, 0.2) is 6.61 Å². The van der Waals surface area contributed by atoms with E-state index in [0.29, 0.717) is 31.8 Å². The van der Waals surface area contributed by atoms with Crippen LogP contribution in [0.2, 0.25) is 0 Å². The minimum absolute atomic E-state index is 0.0589. The van der Waals surface area contributed by atoms with Crippen LogP contribution in [-0.4, -0.2) is 56.3 Å². The predicted octanol–water partition coefficient (Wildman–Crippen LogP) is 2.62. The zero-order valence-corrected chi connectivity index (χ0v) is 17.5. The Morgan fingerprint density at radius 2 is 1.70 bits per heavy atom. The maximum atomic E-state index is 13.1. The molecule has 30 heavy (non-hydrogen) atoms. The highest BCUT2D eigenvalue weighted by molar-refractivity contribution is 7.89. The second-order valence-corrected chi connectivity index (χ2v) is 9.60. The van der Waals surface area contributed by atoms with Gasteiger partial charge in [-0.2, -0.15) is 4.31 Å². The summed E-state index contributed by atoms with van der Waals surface area (Å²) in [5.41, 5.74) is 2.64. The second kappa shape index (κ2) is 8.73. The van der Waals surface area contributed by atoms with Crippen LogP contribution < -0.4 is 4.74 Å². The van der Waals surface area contributed by atoms with E-state index in [-0.39, 0.29) is 24.0 Å². The summed E-state index contributed by atoms with van der Waals surface area (Å²) in [6.45, 7) is 1.22. The quantitative estimate of drug-likeness (QED) is 0.729. The molecule has 1 heterocycles. The number of benzene rings is 2. The number of hydrogen-bond donors (Lipinski definition) is 0. The van der Waals surface area contributed by atoms with Crippen molar-refractivity contribution in [3.8, 4) is 5.75 Å². The van der Waals surface area contributed by atoms with E-state index < -0.39 is 15.8 Å². The van der Waals surface area contributed by atoms with Gasteiger partial charge in [-0.05, 0) is 73.2 Å². The fourth-order valence-corrected chi connectivity index (χ4v) is 5.48. The first-order valence-electron chi connectivity index (χ1n) is 10.2. The SMILES string of the molecule is O=C(COc1ccc2c(c1)CCC2)N1CCCN(S(=O)(=O)c2ccc(F)cc2)CC1. The van der Waals surface area contributed by atoms with Crippen molar-refractivity contribution in [2.45, 2.75) is 30.6 Å². The van der Waals surface area contributed by atoms with Gasteiger partial charge in [-0.1, -0.05) is 6.07 Å². The van der Waals surface area contributed by atoms with E-state index in [2.05, 4.69) is 6.07 Å². The summed E-state index contributed by atoms with van der Waals surface area (Å²) < 4.78 is 45.8. The minimum atomic E-state index is -3.71. The van der Waals surface area contributed by atoms with Gasteiger partial charge < -0.3 is 9.64 Å². The van der Waals surface area contributed by atoms with Crippen LogP contribution >= 0.6 is 0 Å². The number of nitrogens with zero attached hydrogens (tertiary/aromatic N) is 2. The predicted molar refractivity (Wildman–Crippen MR) is 110 cm³/mol. The van der Waals surface area contributed by atoms with Crippen LogP contribution in [0.1, 0.15) is 24.0 Å². The molecule has 0 bridgehead atoms. The van der Waals surface area contributed by atoms with E-state index in [9.17, 15) is 17.6 Å². The Hall–Kier alpha value is -2.45. The van der Waals surface area contributed by atoms with E-state index >= 15 is 0 Å². The molecule has 0 aromatic heterocycles. The number of ether oxygens (including phenoxy) is 1. The lowest BCUT2D eigenvalue weighted by Crippen LogP contribution is -2.39. The Morgan fingerprint density at radius 3 is 2.50 bits per heavy atom. The second-order valence-electron chi connectivity index (χ2n) is 7.67. The van der Waals surface area contributed by atoms with E-state index in [4.69, 9.17) is 4.74 Å². The van der Waals surface area contributed by atoms with Crippen molar-refractivity contribution in [3.63, 3.8) is 0 Å². The Morgan fingerprint density at radius 1 is 0.933 bits per heavy atom. The van der Waals surface area contributed by atoms with Crippen LogP contribution in [0.15, 0.2) is 47.4 Å². The number of fused-ring (bicyclic) bond motifs is 1. The number of aryl methyl sites for hydroxylation is 2. The smallest absolute Gasteiger partial charge is 0.260 e. The minimum Gasteiger partial charge on any atom is -0.484 e. The van der Waals surface area contributed by atoms with Crippen molar-refractivity contribution in [2.75, 3.05) is 32.8 Å². The molecule has 0 atom stereocenters. The maximum Gasteiger partial charge on any atom is 0.260 e. The normalized spacial score (nSPS) is 17.4. The van der Waals surface area contributed by atoms with Gasteiger partial charge in [0, 0.05) is 26.2 Å². The molecule has 4 rings (SSSR count). The number of carbonyl (C=O) groups is 1. The third-order valence-electron chi connectivity index (χ3n) is 5.69. The average Bonchev–Trinajstić information content (AvgIpc) is 3.05. The Bertz CT molecular complexity index is 1020. The van der Waals surface area contributed by atoms with Crippen molar-refractivity contribution in [3.05, 3.63) is 59.4 Å². The topological polar surface area (TPSA) is 66.9 Å². The van der Waals surface area contributed by atoms with Gasteiger partial charge in [-0.15, -0.1) is 0 Å². The van der Waals surface area contributed by atoms with E-state index in [1.165, 1.54) is 27.6 Å². The summed E-state index contributed by atoms with van der Waals surface area (Å²) in [5.74, 6) is 0.0563. The van der Waals surface area contributed by atoms with Gasteiger partial charge in [0.05, 0.1) is 4.90 Å². The summed E-state index contributed by atoms with van der Waals surface area (Å²) in [4.78, 5) is 14.3. The number of hydrogen-bond acceptors (Lipinski definition) is 4. The zero-order valence-electron chi connectivity index (χ0n) is 16.7. The summed E-state index contributed by atoms with van der Waals surface area (Å²) in [6.07, 6.45) is 3.83. The van der Waals surface area contributed by atoms with E-state index in [0.717, 1.165) is 31.4 Å². The molecular weight excluding hydrogens is 407 g/mol. The van der Waals surface area contributed by atoms with Crippen LogP contribution in [0.25, 0.3) is 0 Å². The highest BCUT2D eigenvalue weighted by atomic mass is 32.2. The van der Waals surface area contributed by atoms with Crippen molar-refractivity contribution in [2.24, 2.45) is 0 Å². The van der Waals surface area contributed by atoms with Crippen LogP contribution in [0, 0.1) is 5.82 Å². The molecule has 1 aliphatic carbocycles. The van der Waals surface area contributed by atoms with Crippen LogP contribution in [0.3, 0.4) is 0 Å². The van der Waals surface area contributed by atoms with Crippen LogP contribution in [-0.2, 0) is 27.7 Å². The fraction of sp³-hybridized carbons (Fsp3) is 0.409. The fourth-order valence-electron chi connectivity index (χ4n) is 4.01. The highest BCUT2D eigenvalue weighted by Crippen LogP contribution is 2.26. The first-order valence-corrected chi connectivity index (χ1v) is 11.7. The summed E-state index contributed by atoms with van der Waals surface area (Å²) in [7, 11) is -3.71. The molecule has 1 fully saturated rings. The molecule has 0 spiro atoms. The first kappa shape index (κ1) is 20.8. The first-order chi connectivity index (χ1) is 14.4. The Labute approximate surface area is 176 Å². The molecular formula is C22H25FN2O4S. The molecule has 2 aliphatic rings. The summed E-state index contributed by atoms with van der Waals surface area (Å²) >= 11 is 0. The van der Waals surface area contributed by atoms with Gasteiger partial charge >= 0.3 is 0 Å². The van der Waals surface area contributed by atoms with Gasteiger partial charge in [0.1, 0.15) is 11.6 Å². The Balaban J connectivity index is 1.34. The number of halogens is 1.